The molecule has 0 radical (unpaired) electrons. The predicted octanol–water partition coefficient (Wildman–Crippen LogP) is 1.34. The SMILES string of the molecule is C=C(CC)NS. The van der Waals surface area contributed by atoms with Crippen LogP contribution in [0.5, 0.6) is 0 Å². The summed E-state index contributed by atoms with van der Waals surface area (Å²) in [4.78, 5) is 0. The third-order valence-corrected chi connectivity index (χ3v) is 0.901. The molecule has 0 saturated heterocycles. The first-order chi connectivity index (χ1) is 2.81. The highest BCUT2D eigenvalue weighted by Gasteiger charge is 1.76. The minimum Gasteiger partial charge on any atom is -0.337 e. The van der Waals surface area contributed by atoms with Crippen LogP contribution < -0.4 is 4.72 Å². The molecule has 0 aliphatic carbocycles. The molecule has 6 heavy (non-hydrogen) atoms. The van der Waals surface area contributed by atoms with Gasteiger partial charge in [-0.1, -0.05) is 26.3 Å². The fourth-order valence-electron chi connectivity index (χ4n) is 0.0791. The Labute approximate surface area is 44.0 Å². The summed E-state index contributed by atoms with van der Waals surface area (Å²) < 4.78 is 2.61. The molecule has 0 aliphatic rings. The first-order valence-corrected chi connectivity index (χ1v) is 2.34. The summed E-state index contributed by atoms with van der Waals surface area (Å²) in [6.45, 7) is 5.62. The highest BCUT2D eigenvalue weighted by Crippen LogP contribution is 1.88. The van der Waals surface area contributed by atoms with Crippen LogP contribution in [0.15, 0.2) is 12.3 Å². The van der Waals surface area contributed by atoms with E-state index >= 15 is 0 Å². The Kier molecular flexibility index (Phi) is 3.04. The summed E-state index contributed by atoms with van der Waals surface area (Å²) >= 11 is 3.75. The number of allylic oxidation sites excluding steroid dienone is 1. The summed E-state index contributed by atoms with van der Waals surface area (Å²) in [6.07, 6.45) is 0.948. The minimum absolute atomic E-state index is 0.948. The van der Waals surface area contributed by atoms with Gasteiger partial charge in [0, 0.05) is 5.70 Å². The average molecular weight is 103 g/mol. The van der Waals surface area contributed by atoms with Gasteiger partial charge in [0.15, 0.2) is 0 Å². The van der Waals surface area contributed by atoms with Gasteiger partial charge in [-0.15, -0.1) is 0 Å². The maximum Gasteiger partial charge on any atom is 0.0134 e. The summed E-state index contributed by atoms with van der Waals surface area (Å²) in [5.74, 6) is 0. The molecular formula is C4H9NS. The molecule has 0 rings (SSSR count). The van der Waals surface area contributed by atoms with E-state index in [9.17, 15) is 0 Å². The molecule has 0 fully saturated rings. The molecule has 0 amide bonds. The van der Waals surface area contributed by atoms with E-state index in [4.69, 9.17) is 0 Å². The van der Waals surface area contributed by atoms with Gasteiger partial charge in [-0.25, -0.2) is 0 Å². The lowest BCUT2D eigenvalue weighted by molar-refractivity contribution is 1.03. The number of rotatable bonds is 2. The lowest BCUT2D eigenvalue weighted by Gasteiger charge is -1.93. The largest absolute Gasteiger partial charge is 0.337 e. The maximum absolute atomic E-state index is 3.75. The second-order valence-corrected chi connectivity index (χ2v) is 1.29. The summed E-state index contributed by atoms with van der Waals surface area (Å²) in [7, 11) is 0. The molecule has 0 heterocycles. The summed E-state index contributed by atoms with van der Waals surface area (Å²) in [5.41, 5.74) is 0.957. The van der Waals surface area contributed by atoms with Crippen LogP contribution in [0.4, 0.5) is 0 Å². The second-order valence-electron chi connectivity index (χ2n) is 1.07. The van der Waals surface area contributed by atoms with Gasteiger partial charge < -0.3 is 4.72 Å². The van der Waals surface area contributed by atoms with E-state index in [2.05, 4.69) is 24.1 Å². The zero-order valence-electron chi connectivity index (χ0n) is 3.86. The van der Waals surface area contributed by atoms with Gasteiger partial charge in [-0.05, 0) is 6.42 Å². The fraction of sp³-hybridized carbons (Fsp3) is 0.500. The van der Waals surface area contributed by atoms with Crippen molar-refractivity contribution in [3.05, 3.63) is 12.3 Å². The number of hydrogen-bond acceptors (Lipinski definition) is 2. The molecule has 0 aromatic heterocycles. The third-order valence-electron chi connectivity index (χ3n) is 0.585. The Morgan fingerprint density at radius 2 is 2.50 bits per heavy atom. The van der Waals surface area contributed by atoms with Crippen molar-refractivity contribution < 1.29 is 0 Å². The van der Waals surface area contributed by atoms with Crippen LogP contribution in [-0.2, 0) is 0 Å². The topological polar surface area (TPSA) is 12.0 Å². The third kappa shape index (κ3) is 2.15. The summed E-state index contributed by atoms with van der Waals surface area (Å²) in [5, 5.41) is 0. The fourth-order valence-corrected chi connectivity index (χ4v) is 0.237. The van der Waals surface area contributed by atoms with Crippen LogP contribution in [0.3, 0.4) is 0 Å². The first kappa shape index (κ1) is 5.89. The predicted molar refractivity (Wildman–Crippen MR) is 31.6 cm³/mol. The number of thiol groups is 1. The minimum atomic E-state index is 0.948. The van der Waals surface area contributed by atoms with Gasteiger partial charge in [0.2, 0.25) is 0 Å². The molecule has 1 nitrogen and oxygen atoms in total. The Hall–Kier alpha value is -0.110. The molecule has 0 atom stereocenters. The van der Waals surface area contributed by atoms with Crippen LogP contribution in [0.25, 0.3) is 0 Å². The molecule has 1 N–H and O–H groups in total. The highest BCUT2D eigenvalue weighted by molar-refractivity contribution is 7.78. The molecule has 0 aromatic carbocycles. The average Bonchev–Trinajstić information content (AvgIpc) is 1.65. The monoisotopic (exact) mass is 103 g/mol. The molecule has 0 saturated carbocycles. The van der Waals surface area contributed by atoms with Gasteiger partial charge in [-0.3, -0.25) is 0 Å². The molecule has 2 heteroatoms. The Balaban J connectivity index is 2.99. The van der Waals surface area contributed by atoms with Gasteiger partial charge in [0.1, 0.15) is 0 Å². The van der Waals surface area contributed by atoms with Crippen LogP contribution in [0.1, 0.15) is 13.3 Å². The van der Waals surface area contributed by atoms with Crippen LogP contribution in [-0.4, -0.2) is 0 Å². The molecule has 36 valence electrons. The molecule has 0 aromatic rings. The van der Waals surface area contributed by atoms with Crippen molar-refractivity contribution in [2.24, 2.45) is 0 Å². The Morgan fingerprint density at radius 1 is 2.00 bits per heavy atom. The molecule has 0 bridgehead atoms. The van der Waals surface area contributed by atoms with Crippen molar-refractivity contribution in [3.8, 4) is 0 Å². The van der Waals surface area contributed by atoms with E-state index in [-0.39, 0.29) is 0 Å². The van der Waals surface area contributed by atoms with Gasteiger partial charge in [-0.2, -0.15) is 0 Å². The van der Waals surface area contributed by atoms with Crippen molar-refractivity contribution in [2.75, 3.05) is 0 Å². The zero-order valence-corrected chi connectivity index (χ0v) is 4.76. The lowest BCUT2D eigenvalue weighted by atomic mass is 10.4. The number of nitrogens with one attached hydrogen (secondary N) is 1. The van der Waals surface area contributed by atoms with Crippen molar-refractivity contribution in [3.63, 3.8) is 0 Å². The normalized spacial score (nSPS) is 7.67. The lowest BCUT2D eigenvalue weighted by Crippen LogP contribution is -1.92. The van der Waals surface area contributed by atoms with E-state index in [1.54, 1.807) is 0 Å². The van der Waals surface area contributed by atoms with E-state index in [1.807, 2.05) is 6.92 Å². The second kappa shape index (κ2) is 3.09. The van der Waals surface area contributed by atoms with E-state index in [0.717, 1.165) is 12.1 Å². The van der Waals surface area contributed by atoms with Crippen LogP contribution >= 0.6 is 12.8 Å². The quantitative estimate of drug-likeness (QED) is 0.503. The van der Waals surface area contributed by atoms with Crippen molar-refractivity contribution in [1.29, 1.82) is 0 Å². The van der Waals surface area contributed by atoms with Gasteiger partial charge >= 0.3 is 0 Å². The van der Waals surface area contributed by atoms with Crippen LogP contribution in [0, 0.1) is 0 Å². The first-order valence-electron chi connectivity index (χ1n) is 1.89. The highest BCUT2D eigenvalue weighted by atomic mass is 32.1. The van der Waals surface area contributed by atoms with Crippen LogP contribution in [0.2, 0.25) is 0 Å². The zero-order chi connectivity index (χ0) is 4.99. The van der Waals surface area contributed by atoms with Gasteiger partial charge in [0.05, 0.1) is 0 Å². The summed E-state index contributed by atoms with van der Waals surface area (Å²) in [6, 6.07) is 0. The smallest absolute Gasteiger partial charge is 0.0134 e. The van der Waals surface area contributed by atoms with Gasteiger partial charge in [0.25, 0.3) is 0 Å². The molecule has 0 unspecified atom stereocenters. The Morgan fingerprint density at radius 3 is 2.50 bits per heavy atom. The van der Waals surface area contributed by atoms with E-state index in [1.165, 1.54) is 0 Å². The van der Waals surface area contributed by atoms with E-state index in [0.29, 0.717) is 0 Å². The molecule has 0 spiro atoms. The van der Waals surface area contributed by atoms with Crippen molar-refractivity contribution in [2.45, 2.75) is 13.3 Å². The van der Waals surface area contributed by atoms with Crippen molar-refractivity contribution in [1.82, 2.24) is 4.72 Å². The maximum atomic E-state index is 3.75. The standard InChI is InChI=1S/C4H9NS/c1-3-4(2)5-6/h5-6H,2-3H2,1H3. The Bertz CT molecular complexity index is 45.5. The van der Waals surface area contributed by atoms with E-state index < -0.39 is 0 Å². The molecule has 0 aliphatic heterocycles. The van der Waals surface area contributed by atoms with Crippen molar-refractivity contribution >= 4 is 12.8 Å². The number of hydrogen-bond donors (Lipinski definition) is 2. The molecular weight excluding hydrogens is 94.1 g/mol.